The third-order valence-electron chi connectivity index (χ3n) is 4.20. The van der Waals surface area contributed by atoms with E-state index in [0.29, 0.717) is 23.7 Å². The fourth-order valence-electron chi connectivity index (χ4n) is 3.00. The predicted molar refractivity (Wildman–Crippen MR) is 95.1 cm³/mol. The van der Waals surface area contributed by atoms with Crippen LogP contribution in [-0.2, 0) is 4.79 Å². The van der Waals surface area contributed by atoms with Crippen LogP contribution in [0, 0.1) is 5.82 Å². The summed E-state index contributed by atoms with van der Waals surface area (Å²) in [4.78, 5) is 12.3. The van der Waals surface area contributed by atoms with Gasteiger partial charge < -0.3 is 19.5 Å². The normalized spacial score (nSPS) is 17.6. The monoisotopic (exact) mass is 359 g/mol. The van der Waals surface area contributed by atoms with Gasteiger partial charge in [-0.15, -0.1) is 0 Å². The molecule has 2 aromatic rings. The van der Waals surface area contributed by atoms with Gasteiger partial charge in [-0.05, 0) is 50.2 Å². The second-order valence-electron chi connectivity index (χ2n) is 6.83. The number of amides is 1. The van der Waals surface area contributed by atoms with Crippen molar-refractivity contribution in [3.63, 3.8) is 0 Å². The molecule has 0 aliphatic carbocycles. The predicted octanol–water partition coefficient (Wildman–Crippen LogP) is 3.63. The molecular formula is C20H22FNO4. The molecule has 5 nitrogen and oxygen atoms in total. The molecule has 0 aromatic heterocycles. The summed E-state index contributed by atoms with van der Waals surface area (Å²) in [6.07, 6.45) is 0.634. The summed E-state index contributed by atoms with van der Waals surface area (Å²) in [5.74, 6) is 1.24. The number of hydrogen-bond acceptors (Lipinski definition) is 4. The lowest BCUT2D eigenvalue weighted by Gasteiger charge is -2.38. The maximum Gasteiger partial charge on any atom is 0.258 e. The van der Waals surface area contributed by atoms with Crippen LogP contribution in [-0.4, -0.2) is 25.2 Å². The molecule has 26 heavy (non-hydrogen) atoms. The van der Waals surface area contributed by atoms with Gasteiger partial charge in [-0.1, -0.05) is 0 Å². The highest BCUT2D eigenvalue weighted by molar-refractivity contribution is 5.78. The van der Waals surface area contributed by atoms with E-state index in [0.717, 1.165) is 5.56 Å². The molecule has 0 radical (unpaired) electrons. The van der Waals surface area contributed by atoms with Gasteiger partial charge in [0, 0.05) is 18.1 Å². The number of benzene rings is 2. The van der Waals surface area contributed by atoms with Crippen LogP contribution >= 0.6 is 0 Å². The number of ether oxygens (including phenoxy) is 3. The van der Waals surface area contributed by atoms with Crippen molar-refractivity contribution < 1.29 is 23.4 Å². The summed E-state index contributed by atoms with van der Waals surface area (Å²) in [5, 5.41) is 2.99. The Balaban J connectivity index is 1.68. The minimum Gasteiger partial charge on any atom is -0.497 e. The van der Waals surface area contributed by atoms with Gasteiger partial charge in [-0.2, -0.15) is 0 Å². The van der Waals surface area contributed by atoms with E-state index >= 15 is 0 Å². The SMILES string of the molecule is COc1ccc2c(c1)OC(C)(C)CC2NC(=O)COc1ccc(F)cc1. The van der Waals surface area contributed by atoms with E-state index in [1.54, 1.807) is 7.11 Å². The Morgan fingerprint density at radius 3 is 2.62 bits per heavy atom. The summed E-state index contributed by atoms with van der Waals surface area (Å²) in [7, 11) is 1.60. The summed E-state index contributed by atoms with van der Waals surface area (Å²) < 4.78 is 29.6. The highest BCUT2D eigenvalue weighted by Gasteiger charge is 2.34. The van der Waals surface area contributed by atoms with E-state index in [-0.39, 0.29) is 24.4 Å². The van der Waals surface area contributed by atoms with Gasteiger partial charge in [-0.25, -0.2) is 4.39 Å². The molecule has 1 amide bonds. The number of hydrogen-bond donors (Lipinski definition) is 1. The smallest absolute Gasteiger partial charge is 0.258 e. The molecule has 1 aliphatic heterocycles. The molecule has 1 heterocycles. The lowest BCUT2D eigenvalue weighted by atomic mass is 9.89. The Kier molecular flexibility index (Phi) is 5.02. The van der Waals surface area contributed by atoms with E-state index < -0.39 is 5.60 Å². The van der Waals surface area contributed by atoms with Crippen molar-refractivity contribution in [3.05, 3.63) is 53.8 Å². The fraction of sp³-hybridized carbons (Fsp3) is 0.350. The zero-order chi connectivity index (χ0) is 18.7. The lowest BCUT2D eigenvalue weighted by Crippen LogP contribution is -2.42. The first kappa shape index (κ1) is 18.0. The van der Waals surface area contributed by atoms with Gasteiger partial charge in [0.1, 0.15) is 28.7 Å². The molecule has 1 unspecified atom stereocenters. The zero-order valence-corrected chi connectivity index (χ0v) is 15.0. The second kappa shape index (κ2) is 7.23. The standard InChI is InChI=1S/C20H22FNO4/c1-20(2)11-17(16-9-8-15(24-3)10-18(16)26-20)22-19(23)12-25-14-6-4-13(21)5-7-14/h4-10,17H,11-12H2,1-3H3,(H,22,23). The Morgan fingerprint density at radius 2 is 1.92 bits per heavy atom. The van der Waals surface area contributed by atoms with Crippen molar-refractivity contribution in [1.29, 1.82) is 0 Å². The molecule has 2 aromatic carbocycles. The maximum atomic E-state index is 12.9. The Morgan fingerprint density at radius 1 is 1.23 bits per heavy atom. The first-order chi connectivity index (χ1) is 12.4. The molecule has 0 saturated heterocycles. The van der Waals surface area contributed by atoms with Crippen LogP contribution in [0.4, 0.5) is 4.39 Å². The molecule has 0 bridgehead atoms. The van der Waals surface area contributed by atoms with E-state index in [9.17, 15) is 9.18 Å². The molecule has 0 saturated carbocycles. The topological polar surface area (TPSA) is 56.8 Å². The first-order valence-corrected chi connectivity index (χ1v) is 8.41. The van der Waals surface area contributed by atoms with E-state index in [1.807, 2.05) is 32.0 Å². The Labute approximate surface area is 152 Å². The quantitative estimate of drug-likeness (QED) is 0.886. The summed E-state index contributed by atoms with van der Waals surface area (Å²) in [6.45, 7) is 3.81. The Hall–Kier alpha value is -2.76. The number of halogens is 1. The molecule has 1 aliphatic rings. The third kappa shape index (κ3) is 4.25. The van der Waals surface area contributed by atoms with E-state index in [2.05, 4.69) is 5.32 Å². The number of nitrogens with one attached hydrogen (secondary N) is 1. The van der Waals surface area contributed by atoms with Gasteiger partial charge in [0.25, 0.3) is 5.91 Å². The lowest BCUT2D eigenvalue weighted by molar-refractivity contribution is -0.124. The largest absolute Gasteiger partial charge is 0.497 e. The number of rotatable bonds is 5. The van der Waals surface area contributed by atoms with Crippen LogP contribution in [0.25, 0.3) is 0 Å². The number of methoxy groups -OCH3 is 1. The molecule has 0 fully saturated rings. The molecule has 0 spiro atoms. The number of carbonyl (C=O) groups is 1. The summed E-state index contributed by atoms with van der Waals surface area (Å²) in [5.41, 5.74) is 0.482. The van der Waals surface area contributed by atoms with Gasteiger partial charge in [0.15, 0.2) is 6.61 Å². The number of fused-ring (bicyclic) bond motifs is 1. The molecule has 138 valence electrons. The maximum absolute atomic E-state index is 12.9. The van der Waals surface area contributed by atoms with Crippen LogP contribution in [0.15, 0.2) is 42.5 Å². The van der Waals surface area contributed by atoms with Crippen LogP contribution in [0.3, 0.4) is 0 Å². The minimum absolute atomic E-state index is 0.144. The van der Waals surface area contributed by atoms with E-state index in [4.69, 9.17) is 14.2 Å². The van der Waals surface area contributed by atoms with E-state index in [1.165, 1.54) is 24.3 Å². The average Bonchev–Trinajstić information content (AvgIpc) is 2.59. The van der Waals surface area contributed by atoms with Gasteiger partial charge >= 0.3 is 0 Å². The van der Waals surface area contributed by atoms with Crippen molar-refractivity contribution >= 4 is 5.91 Å². The molecule has 3 rings (SSSR count). The van der Waals surface area contributed by atoms with Crippen molar-refractivity contribution in [2.24, 2.45) is 0 Å². The third-order valence-corrected chi connectivity index (χ3v) is 4.20. The van der Waals surface area contributed by atoms with Crippen LogP contribution in [0.1, 0.15) is 31.9 Å². The van der Waals surface area contributed by atoms with Gasteiger partial charge in [0.2, 0.25) is 0 Å². The van der Waals surface area contributed by atoms with Crippen molar-refractivity contribution in [3.8, 4) is 17.2 Å². The Bertz CT molecular complexity index is 789. The molecular weight excluding hydrogens is 337 g/mol. The van der Waals surface area contributed by atoms with Gasteiger partial charge in [-0.3, -0.25) is 4.79 Å². The fourth-order valence-corrected chi connectivity index (χ4v) is 3.00. The zero-order valence-electron chi connectivity index (χ0n) is 15.0. The van der Waals surface area contributed by atoms with Crippen molar-refractivity contribution in [2.45, 2.75) is 31.9 Å². The number of carbonyl (C=O) groups excluding carboxylic acids is 1. The first-order valence-electron chi connectivity index (χ1n) is 8.41. The van der Waals surface area contributed by atoms with Crippen LogP contribution < -0.4 is 19.5 Å². The summed E-state index contributed by atoms with van der Waals surface area (Å²) in [6, 6.07) is 10.9. The average molecular weight is 359 g/mol. The second-order valence-corrected chi connectivity index (χ2v) is 6.83. The van der Waals surface area contributed by atoms with Crippen molar-refractivity contribution in [2.75, 3.05) is 13.7 Å². The van der Waals surface area contributed by atoms with Crippen LogP contribution in [0.2, 0.25) is 0 Å². The highest BCUT2D eigenvalue weighted by Crippen LogP contribution is 2.41. The molecule has 1 atom stereocenters. The van der Waals surface area contributed by atoms with Crippen molar-refractivity contribution in [1.82, 2.24) is 5.32 Å². The minimum atomic E-state index is -0.422. The van der Waals surface area contributed by atoms with Gasteiger partial charge in [0.05, 0.1) is 13.2 Å². The van der Waals surface area contributed by atoms with Crippen LogP contribution in [0.5, 0.6) is 17.2 Å². The summed E-state index contributed by atoms with van der Waals surface area (Å²) >= 11 is 0. The molecule has 1 N–H and O–H groups in total. The highest BCUT2D eigenvalue weighted by atomic mass is 19.1. The molecule has 6 heteroatoms.